The van der Waals surface area contributed by atoms with E-state index in [0.29, 0.717) is 0 Å². The molecule has 0 aliphatic carbocycles. The first-order valence-corrected chi connectivity index (χ1v) is 6.82. The van der Waals surface area contributed by atoms with E-state index in [4.69, 9.17) is 0 Å². The molecule has 0 aliphatic heterocycles. The maximum Gasteiger partial charge on any atom is 0.274 e. The predicted octanol–water partition coefficient (Wildman–Crippen LogP) is 1.39. The summed E-state index contributed by atoms with van der Waals surface area (Å²) in [7, 11) is 1.54. The van der Waals surface area contributed by atoms with E-state index in [1.807, 2.05) is 30.3 Å². The first kappa shape index (κ1) is 15.5. The third-order valence-electron chi connectivity index (χ3n) is 3.18. The van der Waals surface area contributed by atoms with Crippen molar-refractivity contribution < 1.29 is 14.7 Å². The molecule has 0 bridgehead atoms. The summed E-state index contributed by atoms with van der Waals surface area (Å²) < 4.78 is 0. The number of nitrogens with one attached hydrogen (secondary N) is 2. The van der Waals surface area contributed by atoms with Crippen molar-refractivity contribution >= 4 is 11.8 Å². The molecule has 22 heavy (non-hydrogen) atoms. The third-order valence-corrected chi connectivity index (χ3v) is 3.18. The number of amides is 2. The molecule has 6 heteroatoms. The van der Waals surface area contributed by atoms with Crippen LogP contribution in [0.5, 0.6) is 5.75 Å². The zero-order valence-corrected chi connectivity index (χ0v) is 12.1. The Morgan fingerprint density at radius 3 is 2.55 bits per heavy atom. The predicted molar refractivity (Wildman–Crippen MR) is 81.2 cm³/mol. The molecule has 0 fully saturated rings. The van der Waals surface area contributed by atoms with Crippen molar-refractivity contribution in [3.8, 4) is 5.75 Å². The number of benzene rings is 1. The monoisotopic (exact) mass is 299 g/mol. The van der Waals surface area contributed by atoms with Gasteiger partial charge >= 0.3 is 0 Å². The Morgan fingerprint density at radius 2 is 1.91 bits per heavy atom. The van der Waals surface area contributed by atoms with Crippen molar-refractivity contribution in [3.05, 3.63) is 59.9 Å². The fourth-order valence-corrected chi connectivity index (χ4v) is 2.02. The zero-order chi connectivity index (χ0) is 15.9. The Bertz CT molecular complexity index is 659. The fourth-order valence-electron chi connectivity index (χ4n) is 2.02. The summed E-state index contributed by atoms with van der Waals surface area (Å²) in [6, 6.07) is 11.6. The van der Waals surface area contributed by atoms with Crippen LogP contribution < -0.4 is 10.6 Å². The average molecular weight is 299 g/mol. The Morgan fingerprint density at radius 1 is 1.18 bits per heavy atom. The summed E-state index contributed by atoms with van der Waals surface area (Å²) in [5.74, 6) is -0.929. The first-order chi connectivity index (χ1) is 10.6. The summed E-state index contributed by atoms with van der Waals surface area (Å²) in [6.07, 6.45) is 1.52. The van der Waals surface area contributed by atoms with E-state index in [-0.39, 0.29) is 23.8 Å². The van der Waals surface area contributed by atoms with Crippen LogP contribution in [-0.4, -0.2) is 29.0 Å². The van der Waals surface area contributed by atoms with Crippen molar-refractivity contribution in [3.63, 3.8) is 0 Å². The number of carbonyl (C=O) groups is 2. The lowest BCUT2D eigenvalue weighted by molar-refractivity contribution is -0.121. The quantitative estimate of drug-likeness (QED) is 0.778. The van der Waals surface area contributed by atoms with Gasteiger partial charge < -0.3 is 15.7 Å². The summed E-state index contributed by atoms with van der Waals surface area (Å²) in [6.45, 7) is 0. The molecule has 2 rings (SSSR count). The molecule has 3 N–H and O–H groups in total. The fraction of sp³-hybridized carbons (Fsp3) is 0.188. The van der Waals surface area contributed by atoms with Crippen molar-refractivity contribution in [1.82, 2.24) is 15.6 Å². The van der Waals surface area contributed by atoms with E-state index in [9.17, 15) is 14.7 Å². The molecule has 1 unspecified atom stereocenters. The molecule has 0 saturated heterocycles. The van der Waals surface area contributed by atoms with Gasteiger partial charge in [0, 0.05) is 13.2 Å². The number of carbonyl (C=O) groups excluding carboxylic acids is 2. The molecule has 0 spiro atoms. The lowest BCUT2D eigenvalue weighted by atomic mass is 10.0. The van der Waals surface area contributed by atoms with Crippen LogP contribution in [0.3, 0.4) is 0 Å². The second-order valence-corrected chi connectivity index (χ2v) is 4.69. The number of nitrogens with zero attached hydrogens (tertiary/aromatic N) is 1. The van der Waals surface area contributed by atoms with Gasteiger partial charge in [0.25, 0.3) is 5.91 Å². The van der Waals surface area contributed by atoms with Gasteiger partial charge in [-0.15, -0.1) is 0 Å². The second-order valence-electron chi connectivity index (χ2n) is 4.69. The zero-order valence-electron chi connectivity index (χ0n) is 12.1. The SMILES string of the molecule is CNC(=O)CC(NC(=O)c1ncccc1O)c1ccccc1. The van der Waals surface area contributed by atoms with Gasteiger partial charge in [0.2, 0.25) is 5.91 Å². The van der Waals surface area contributed by atoms with Gasteiger partial charge in [-0.05, 0) is 17.7 Å². The summed E-state index contributed by atoms with van der Waals surface area (Å²) >= 11 is 0. The summed E-state index contributed by atoms with van der Waals surface area (Å²) in [5, 5.41) is 15.0. The van der Waals surface area contributed by atoms with Gasteiger partial charge in [-0.3, -0.25) is 9.59 Å². The van der Waals surface area contributed by atoms with E-state index in [1.165, 1.54) is 25.4 Å². The van der Waals surface area contributed by atoms with Gasteiger partial charge in [0.1, 0.15) is 5.75 Å². The normalized spacial score (nSPS) is 11.5. The van der Waals surface area contributed by atoms with Crippen LogP contribution in [0.4, 0.5) is 0 Å². The first-order valence-electron chi connectivity index (χ1n) is 6.82. The topological polar surface area (TPSA) is 91.3 Å². The third kappa shape index (κ3) is 3.82. The van der Waals surface area contributed by atoms with Gasteiger partial charge in [-0.2, -0.15) is 0 Å². The molecular weight excluding hydrogens is 282 g/mol. The lowest BCUT2D eigenvalue weighted by Gasteiger charge is -2.18. The highest BCUT2D eigenvalue weighted by Gasteiger charge is 2.20. The average Bonchev–Trinajstić information content (AvgIpc) is 2.55. The molecule has 0 radical (unpaired) electrons. The van der Waals surface area contributed by atoms with Crippen LogP contribution >= 0.6 is 0 Å². The maximum absolute atomic E-state index is 12.3. The molecule has 114 valence electrons. The minimum atomic E-state index is -0.532. The Hall–Kier alpha value is -2.89. The number of hydrogen-bond acceptors (Lipinski definition) is 4. The minimum absolute atomic E-state index is 0.0691. The minimum Gasteiger partial charge on any atom is -0.505 e. The van der Waals surface area contributed by atoms with Gasteiger partial charge in [-0.25, -0.2) is 4.98 Å². The Labute approximate surface area is 128 Å². The van der Waals surface area contributed by atoms with Crippen molar-refractivity contribution in [2.24, 2.45) is 0 Å². The maximum atomic E-state index is 12.3. The van der Waals surface area contributed by atoms with Gasteiger partial charge in [0.05, 0.1) is 12.5 Å². The number of hydrogen-bond donors (Lipinski definition) is 3. The van der Waals surface area contributed by atoms with E-state index in [0.717, 1.165) is 5.56 Å². The molecule has 1 aromatic carbocycles. The molecular formula is C16H17N3O3. The summed E-state index contributed by atoms with van der Waals surface area (Å²) in [4.78, 5) is 27.8. The molecule has 2 amide bonds. The van der Waals surface area contributed by atoms with E-state index in [1.54, 1.807) is 0 Å². The van der Waals surface area contributed by atoms with Crippen LogP contribution in [-0.2, 0) is 4.79 Å². The summed E-state index contributed by atoms with van der Waals surface area (Å²) in [5.41, 5.74) is 0.732. The number of pyridine rings is 1. The highest BCUT2D eigenvalue weighted by Crippen LogP contribution is 2.19. The highest BCUT2D eigenvalue weighted by atomic mass is 16.3. The van der Waals surface area contributed by atoms with Crippen LogP contribution in [0.15, 0.2) is 48.7 Å². The Balaban J connectivity index is 2.21. The molecule has 1 heterocycles. The van der Waals surface area contributed by atoms with Crippen LogP contribution in [0.25, 0.3) is 0 Å². The molecule has 6 nitrogen and oxygen atoms in total. The lowest BCUT2D eigenvalue weighted by Crippen LogP contribution is -2.33. The van der Waals surface area contributed by atoms with Crippen LogP contribution in [0, 0.1) is 0 Å². The van der Waals surface area contributed by atoms with E-state index < -0.39 is 11.9 Å². The molecule has 2 aromatic rings. The van der Waals surface area contributed by atoms with Crippen molar-refractivity contribution in [2.75, 3.05) is 7.05 Å². The number of aromatic nitrogens is 1. The second kappa shape index (κ2) is 7.21. The van der Waals surface area contributed by atoms with E-state index in [2.05, 4.69) is 15.6 Å². The molecule has 0 aliphatic rings. The standard InChI is InChI=1S/C16H17N3O3/c1-17-14(21)10-12(11-6-3-2-4-7-11)19-16(22)15-13(20)8-5-9-18-15/h2-9,12,20H,10H2,1H3,(H,17,21)(H,19,22). The molecule has 0 saturated carbocycles. The smallest absolute Gasteiger partial charge is 0.274 e. The number of aromatic hydroxyl groups is 1. The molecule has 1 atom stereocenters. The van der Waals surface area contributed by atoms with Crippen molar-refractivity contribution in [1.29, 1.82) is 0 Å². The van der Waals surface area contributed by atoms with Gasteiger partial charge in [-0.1, -0.05) is 30.3 Å². The largest absolute Gasteiger partial charge is 0.505 e. The van der Waals surface area contributed by atoms with Crippen LogP contribution in [0.2, 0.25) is 0 Å². The van der Waals surface area contributed by atoms with Gasteiger partial charge in [0.15, 0.2) is 5.69 Å². The van der Waals surface area contributed by atoms with E-state index >= 15 is 0 Å². The number of rotatable bonds is 5. The Kier molecular flexibility index (Phi) is 5.08. The van der Waals surface area contributed by atoms with Crippen LogP contribution in [0.1, 0.15) is 28.5 Å². The van der Waals surface area contributed by atoms with Crippen molar-refractivity contribution in [2.45, 2.75) is 12.5 Å². The molecule has 1 aromatic heterocycles. The highest BCUT2D eigenvalue weighted by molar-refractivity contribution is 5.95.